The van der Waals surface area contributed by atoms with Crippen molar-refractivity contribution in [2.75, 3.05) is 11.9 Å². The van der Waals surface area contributed by atoms with E-state index in [9.17, 15) is 4.79 Å². The van der Waals surface area contributed by atoms with E-state index < -0.39 is 5.97 Å². The van der Waals surface area contributed by atoms with Crippen molar-refractivity contribution >= 4 is 22.4 Å². The Bertz CT molecular complexity index is 473. The number of carbonyl (C=O) groups is 1. The van der Waals surface area contributed by atoms with E-state index in [1.807, 2.05) is 12.3 Å². The molecule has 0 saturated heterocycles. The normalized spacial score (nSPS) is 24.1. The quantitative estimate of drug-likeness (QED) is 0.810. The molecule has 1 fully saturated rings. The summed E-state index contributed by atoms with van der Waals surface area (Å²) >= 11 is 1.54. The zero-order valence-corrected chi connectivity index (χ0v) is 13.0. The fourth-order valence-corrected chi connectivity index (χ4v) is 3.29. The number of aryl methyl sites for hydroxylation is 1. The van der Waals surface area contributed by atoms with Gasteiger partial charge in [0.05, 0.1) is 18.2 Å². The number of carboxylic acids is 1. The van der Waals surface area contributed by atoms with Crippen molar-refractivity contribution in [3.8, 4) is 0 Å². The largest absolute Gasteiger partial charge is 0.481 e. The number of ether oxygens (including phenoxy) is 1. The number of anilines is 1. The van der Waals surface area contributed by atoms with Gasteiger partial charge in [0.15, 0.2) is 5.13 Å². The van der Waals surface area contributed by atoms with Gasteiger partial charge in [-0.05, 0) is 13.3 Å². The molecule has 1 aliphatic carbocycles. The topological polar surface area (TPSA) is 71.5 Å². The lowest BCUT2D eigenvalue weighted by atomic mass is 9.64. The van der Waals surface area contributed by atoms with Gasteiger partial charge in [-0.25, -0.2) is 4.98 Å². The summed E-state index contributed by atoms with van der Waals surface area (Å²) in [4.78, 5) is 15.0. The maximum absolute atomic E-state index is 10.5. The van der Waals surface area contributed by atoms with Gasteiger partial charge in [0, 0.05) is 29.9 Å². The van der Waals surface area contributed by atoms with Gasteiger partial charge in [-0.1, -0.05) is 13.8 Å². The van der Waals surface area contributed by atoms with E-state index in [4.69, 9.17) is 9.84 Å². The van der Waals surface area contributed by atoms with Gasteiger partial charge in [-0.15, -0.1) is 11.3 Å². The van der Waals surface area contributed by atoms with Crippen LogP contribution in [0.15, 0.2) is 5.38 Å². The molecule has 1 aromatic rings. The third kappa shape index (κ3) is 3.30. The summed E-state index contributed by atoms with van der Waals surface area (Å²) in [5, 5.41) is 14.9. The molecule has 1 aliphatic rings. The number of nitrogens with zero attached hydrogens (tertiary/aromatic N) is 1. The van der Waals surface area contributed by atoms with Crippen molar-refractivity contribution in [2.24, 2.45) is 5.41 Å². The molecule has 6 heteroatoms. The standard InChI is InChI=1S/C14H22N2O3S/c1-4-19-11-7-10(14(11,2)3)16-13-15-9(8-20-13)5-6-12(17)18/h8,10-11H,4-7H2,1-3H3,(H,15,16)(H,17,18). The van der Waals surface area contributed by atoms with E-state index in [2.05, 4.69) is 24.1 Å². The van der Waals surface area contributed by atoms with Crippen LogP contribution in [-0.4, -0.2) is 34.8 Å². The van der Waals surface area contributed by atoms with Crippen molar-refractivity contribution in [2.45, 2.75) is 52.2 Å². The van der Waals surface area contributed by atoms with Gasteiger partial charge in [0.25, 0.3) is 0 Å². The van der Waals surface area contributed by atoms with Crippen molar-refractivity contribution in [3.63, 3.8) is 0 Å². The fraction of sp³-hybridized carbons (Fsp3) is 0.714. The Morgan fingerprint density at radius 3 is 3.00 bits per heavy atom. The van der Waals surface area contributed by atoms with E-state index in [0.29, 0.717) is 18.6 Å². The maximum atomic E-state index is 10.5. The molecule has 1 heterocycles. The second-order valence-electron chi connectivity index (χ2n) is 5.74. The summed E-state index contributed by atoms with van der Waals surface area (Å²) in [7, 11) is 0. The van der Waals surface area contributed by atoms with Crippen LogP contribution in [0, 0.1) is 5.41 Å². The van der Waals surface area contributed by atoms with Crippen LogP contribution in [0.4, 0.5) is 5.13 Å². The molecular weight excluding hydrogens is 276 g/mol. The molecule has 0 spiro atoms. The molecule has 0 aliphatic heterocycles. The summed E-state index contributed by atoms with van der Waals surface area (Å²) in [6, 6.07) is 0.359. The highest BCUT2D eigenvalue weighted by molar-refractivity contribution is 7.13. The first-order valence-corrected chi connectivity index (χ1v) is 7.85. The average Bonchev–Trinajstić information content (AvgIpc) is 2.83. The van der Waals surface area contributed by atoms with Crippen molar-refractivity contribution in [3.05, 3.63) is 11.1 Å². The Morgan fingerprint density at radius 2 is 2.40 bits per heavy atom. The third-order valence-corrected chi connectivity index (χ3v) is 4.81. The minimum Gasteiger partial charge on any atom is -0.481 e. The summed E-state index contributed by atoms with van der Waals surface area (Å²) < 4.78 is 5.71. The van der Waals surface area contributed by atoms with Crippen LogP contribution >= 0.6 is 11.3 Å². The molecule has 2 N–H and O–H groups in total. The number of hydrogen-bond donors (Lipinski definition) is 2. The smallest absolute Gasteiger partial charge is 0.303 e. The van der Waals surface area contributed by atoms with E-state index in [0.717, 1.165) is 23.9 Å². The summed E-state index contributed by atoms with van der Waals surface area (Å²) in [6.45, 7) is 7.17. The first-order chi connectivity index (χ1) is 9.43. The molecule has 0 bridgehead atoms. The number of rotatable bonds is 7. The number of nitrogens with one attached hydrogen (secondary N) is 1. The highest BCUT2D eigenvalue weighted by atomic mass is 32.1. The van der Waals surface area contributed by atoms with Gasteiger partial charge < -0.3 is 15.2 Å². The lowest BCUT2D eigenvalue weighted by molar-refractivity contribution is -0.136. The monoisotopic (exact) mass is 298 g/mol. The van der Waals surface area contributed by atoms with Gasteiger partial charge in [0.2, 0.25) is 0 Å². The zero-order valence-electron chi connectivity index (χ0n) is 12.2. The predicted octanol–water partition coefficient (Wildman–Crippen LogP) is 2.78. The molecule has 2 rings (SSSR count). The minimum absolute atomic E-state index is 0.100. The van der Waals surface area contributed by atoms with Crippen LogP contribution in [0.1, 0.15) is 39.3 Å². The SMILES string of the molecule is CCOC1CC(Nc2nc(CCC(=O)O)cs2)C1(C)C. The molecule has 20 heavy (non-hydrogen) atoms. The van der Waals surface area contributed by atoms with E-state index >= 15 is 0 Å². The van der Waals surface area contributed by atoms with E-state index in [-0.39, 0.29) is 11.8 Å². The van der Waals surface area contributed by atoms with Crippen LogP contribution in [0.3, 0.4) is 0 Å². The van der Waals surface area contributed by atoms with Crippen LogP contribution in [-0.2, 0) is 16.0 Å². The maximum Gasteiger partial charge on any atom is 0.303 e. The van der Waals surface area contributed by atoms with Crippen LogP contribution in [0.25, 0.3) is 0 Å². The molecule has 0 radical (unpaired) electrons. The van der Waals surface area contributed by atoms with Gasteiger partial charge in [-0.3, -0.25) is 4.79 Å². The highest BCUT2D eigenvalue weighted by Gasteiger charge is 2.49. The molecular formula is C14H22N2O3S. The predicted molar refractivity (Wildman–Crippen MR) is 79.3 cm³/mol. The van der Waals surface area contributed by atoms with Gasteiger partial charge >= 0.3 is 5.97 Å². The Balaban J connectivity index is 1.87. The summed E-state index contributed by atoms with van der Waals surface area (Å²) in [6.07, 6.45) is 1.91. The molecule has 0 amide bonds. The molecule has 1 aromatic heterocycles. The second kappa shape index (κ2) is 6.10. The Morgan fingerprint density at radius 1 is 1.65 bits per heavy atom. The first-order valence-electron chi connectivity index (χ1n) is 6.97. The highest BCUT2D eigenvalue weighted by Crippen LogP contribution is 2.44. The Kier molecular flexibility index (Phi) is 4.65. The van der Waals surface area contributed by atoms with Crippen molar-refractivity contribution in [1.29, 1.82) is 0 Å². The summed E-state index contributed by atoms with van der Waals surface area (Å²) in [5.41, 5.74) is 0.946. The first kappa shape index (κ1) is 15.3. The Labute approximate surface area is 123 Å². The molecule has 1 saturated carbocycles. The average molecular weight is 298 g/mol. The minimum atomic E-state index is -0.785. The summed E-state index contributed by atoms with van der Waals surface area (Å²) in [5.74, 6) is -0.785. The zero-order chi connectivity index (χ0) is 14.8. The number of carboxylic acid groups (broad SMARTS) is 1. The number of aromatic nitrogens is 1. The molecule has 0 aromatic carbocycles. The van der Waals surface area contributed by atoms with E-state index in [1.165, 1.54) is 11.3 Å². The lowest BCUT2D eigenvalue weighted by Crippen LogP contribution is -2.58. The fourth-order valence-electron chi connectivity index (χ4n) is 2.49. The van der Waals surface area contributed by atoms with E-state index in [1.54, 1.807) is 0 Å². The third-order valence-electron chi connectivity index (χ3n) is 3.99. The number of hydrogen-bond acceptors (Lipinski definition) is 5. The van der Waals surface area contributed by atoms with Crippen LogP contribution in [0.2, 0.25) is 0 Å². The van der Waals surface area contributed by atoms with Crippen LogP contribution < -0.4 is 5.32 Å². The Hall–Kier alpha value is -1.14. The van der Waals surface area contributed by atoms with Crippen molar-refractivity contribution < 1.29 is 14.6 Å². The second-order valence-corrected chi connectivity index (χ2v) is 6.59. The van der Waals surface area contributed by atoms with Crippen LogP contribution in [0.5, 0.6) is 0 Å². The lowest BCUT2D eigenvalue weighted by Gasteiger charge is -2.51. The molecule has 112 valence electrons. The molecule has 5 nitrogen and oxygen atoms in total. The molecule has 2 unspecified atom stereocenters. The van der Waals surface area contributed by atoms with Gasteiger partial charge in [-0.2, -0.15) is 0 Å². The number of aliphatic carboxylic acids is 1. The number of thiazole rings is 1. The van der Waals surface area contributed by atoms with Gasteiger partial charge in [0.1, 0.15) is 0 Å². The molecule has 2 atom stereocenters. The van der Waals surface area contributed by atoms with Crippen molar-refractivity contribution in [1.82, 2.24) is 4.98 Å².